The monoisotopic (exact) mass is 271 g/mol. The molecule has 20 heavy (non-hydrogen) atoms. The molecule has 1 aromatic carbocycles. The number of fused-ring (bicyclic) bond motifs is 2. The maximum atomic E-state index is 12.6. The van der Waals surface area contributed by atoms with Crippen LogP contribution in [0.4, 0.5) is 0 Å². The van der Waals surface area contributed by atoms with Gasteiger partial charge in [0.05, 0.1) is 10.9 Å². The minimum Gasteiger partial charge on any atom is -0.468 e. The van der Waals surface area contributed by atoms with E-state index in [1.165, 1.54) is 4.68 Å². The maximum absolute atomic E-state index is 12.6. The van der Waals surface area contributed by atoms with Gasteiger partial charge in [0.2, 0.25) is 5.90 Å². The third kappa shape index (κ3) is 1.90. The van der Waals surface area contributed by atoms with E-state index in [0.717, 1.165) is 0 Å². The molecule has 0 radical (unpaired) electrons. The minimum absolute atomic E-state index is 0.134. The molecule has 0 saturated heterocycles. The van der Waals surface area contributed by atoms with Gasteiger partial charge in [-0.25, -0.2) is 4.98 Å². The second-order valence-electron chi connectivity index (χ2n) is 5.23. The van der Waals surface area contributed by atoms with Crippen molar-refractivity contribution in [3.05, 3.63) is 40.4 Å². The largest absolute Gasteiger partial charge is 0.468 e. The summed E-state index contributed by atoms with van der Waals surface area (Å²) in [5.74, 6) is 1.38. The van der Waals surface area contributed by atoms with Gasteiger partial charge in [-0.2, -0.15) is 4.68 Å². The van der Waals surface area contributed by atoms with Gasteiger partial charge in [-0.3, -0.25) is 4.79 Å². The molecule has 0 amide bonds. The molecular formula is C15H17N3O2. The number of aromatic nitrogens is 2. The van der Waals surface area contributed by atoms with Crippen LogP contribution in [0.25, 0.3) is 10.9 Å². The molecule has 0 spiro atoms. The Balaban J connectivity index is 2.34. The molecule has 1 aliphatic rings. The predicted molar refractivity (Wildman–Crippen MR) is 77.8 cm³/mol. The van der Waals surface area contributed by atoms with E-state index < -0.39 is 0 Å². The summed E-state index contributed by atoms with van der Waals surface area (Å²) in [5, 5.41) is 4.87. The minimum atomic E-state index is -0.236. The maximum Gasteiger partial charge on any atom is 0.282 e. The molecule has 0 aliphatic carbocycles. The lowest BCUT2D eigenvalue weighted by molar-refractivity contribution is 0.110. The smallest absolute Gasteiger partial charge is 0.282 e. The zero-order valence-corrected chi connectivity index (χ0v) is 11.8. The topological polar surface area (TPSA) is 56.5 Å². The Kier molecular flexibility index (Phi) is 3.04. The summed E-state index contributed by atoms with van der Waals surface area (Å²) in [5.41, 5.74) is 0.554. The molecular weight excluding hydrogens is 254 g/mol. The van der Waals surface area contributed by atoms with Crippen LogP contribution in [-0.2, 0) is 4.74 Å². The van der Waals surface area contributed by atoms with Crippen molar-refractivity contribution in [3.8, 4) is 0 Å². The SMILES string of the molecule is CCC1=Nn2c(nc3ccccc3c2=O)[C@H](C(C)C)O1. The predicted octanol–water partition coefficient (Wildman–Crippen LogP) is 2.70. The highest BCUT2D eigenvalue weighted by Gasteiger charge is 2.29. The van der Waals surface area contributed by atoms with Crippen molar-refractivity contribution >= 4 is 16.8 Å². The molecule has 0 unspecified atom stereocenters. The molecule has 1 aromatic heterocycles. The Bertz CT molecular complexity index is 746. The number of hydrogen-bond donors (Lipinski definition) is 0. The number of para-hydroxylation sites is 1. The Labute approximate surface area is 116 Å². The second-order valence-corrected chi connectivity index (χ2v) is 5.23. The Morgan fingerprint density at radius 2 is 2.10 bits per heavy atom. The quantitative estimate of drug-likeness (QED) is 0.843. The van der Waals surface area contributed by atoms with Crippen molar-refractivity contribution in [2.75, 3.05) is 0 Å². The Morgan fingerprint density at radius 3 is 2.80 bits per heavy atom. The number of rotatable bonds is 2. The van der Waals surface area contributed by atoms with Crippen LogP contribution in [0.2, 0.25) is 0 Å². The third-order valence-electron chi connectivity index (χ3n) is 3.42. The van der Waals surface area contributed by atoms with Gasteiger partial charge in [0.1, 0.15) is 0 Å². The zero-order chi connectivity index (χ0) is 14.3. The fraction of sp³-hybridized carbons (Fsp3) is 0.400. The van der Waals surface area contributed by atoms with E-state index >= 15 is 0 Å². The van der Waals surface area contributed by atoms with Crippen LogP contribution in [0, 0.1) is 5.92 Å². The van der Waals surface area contributed by atoms with E-state index in [2.05, 4.69) is 23.9 Å². The molecule has 0 saturated carbocycles. The van der Waals surface area contributed by atoms with Crippen LogP contribution >= 0.6 is 0 Å². The molecule has 104 valence electrons. The molecule has 1 atom stereocenters. The summed E-state index contributed by atoms with van der Waals surface area (Å²) >= 11 is 0. The van der Waals surface area contributed by atoms with Gasteiger partial charge in [-0.1, -0.05) is 32.9 Å². The first kappa shape index (κ1) is 12.8. The average molecular weight is 271 g/mol. The van der Waals surface area contributed by atoms with Gasteiger partial charge in [0.25, 0.3) is 5.56 Å². The summed E-state index contributed by atoms with van der Waals surface area (Å²) < 4.78 is 7.25. The van der Waals surface area contributed by atoms with E-state index in [0.29, 0.717) is 29.0 Å². The Hall–Kier alpha value is -2.17. The molecule has 5 nitrogen and oxygen atoms in total. The van der Waals surface area contributed by atoms with E-state index in [9.17, 15) is 4.79 Å². The summed E-state index contributed by atoms with van der Waals surface area (Å²) in [4.78, 5) is 17.1. The lowest BCUT2D eigenvalue weighted by atomic mass is 10.1. The van der Waals surface area contributed by atoms with E-state index in [1.54, 1.807) is 6.07 Å². The lowest BCUT2D eigenvalue weighted by Crippen LogP contribution is -2.33. The van der Waals surface area contributed by atoms with Crippen molar-refractivity contribution in [1.82, 2.24) is 9.66 Å². The van der Waals surface area contributed by atoms with Crippen molar-refractivity contribution in [2.45, 2.75) is 33.3 Å². The van der Waals surface area contributed by atoms with E-state index in [-0.39, 0.29) is 17.6 Å². The highest BCUT2D eigenvalue weighted by molar-refractivity contribution is 5.79. The van der Waals surface area contributed by atoms with Gasteiger partial charge >= 0.3 is 0 Å². The van der Waals surface area contributed by atoms with Crippen molar-refractivity contribution < 1.29 is 4.74 Å². The first-order chi connectivity index (χ1) is 9.61. The van der Waals surface area contributed by atoms with Gasteiger partial charge < -0.3 is 4.74 Å². The molecule has 0 N–H and O–H groups in total. The Morgan fingerprint density at radius 1 is 1.35 bits per heavy atom. The van der Waals surface area contributed by atoms with Crippen LogP contribution in [0.5, 0.6) is 0 Å². The molecule has 0 bridgehead atoms. The molecule has 1 aliphatic heterocycles. The number of benzene rings is 1. The normalized spacial score (nSPS) is 17.8. The number of hydrogen-bond acceptors (Lipinski definition) is 4. The van der Waals surface area contributed by atoms with Gasteiger partial charge in [0.15, 0.2) is 11.9 Å². The molecule has 3 rings (SSSR count). The highest BCUT2D eigenvalue weighted by atomic mass is 16.5. The van der Waals surface area contributed by atoms with Gasteiger partial charge in [-0.05, 0) is 18.1 Å². The molecule has 2 aromatic rings. The summed E-state index contributed by atoms with van der Waals surface area (Å²) in [6, 6.07) is 7.33. The summed E-state index contributed by atoms with van der Waals surface area (Å²) in [7, 11) is 0. The van der Waals surface area contributed by atoms with Crippen LogP contribution < -0.4 is 5.56 Å². The van der Waals surface area contributed by atoms with Crippen LogP contribution in [0.3, 0.4) is 0 Å². The van der Waals surface area contributed by atoms with Crippen molar-refractivity contribution in [2.24, 2.45) is 11.0 Å². The van der Waals surface area contributed by atoms with E-state index in [1.807, 2.05) is 25.1 Å². The summed E-state index contributed by atoms with van der Waals surface area (Å²) in [6.07, 6.45) is 0.418. The fourth-order valence-corrected chi connectivity index (χ4v) is 2.34. The first-order valence-electron chi connectivity index (χ1n) is 6.88. The standard InChI is InChI=1S/C15H17N3O2/c1-4-12-17-18-14(13(20-12)9(2)3)16-11-8-6-5-7-10(11)15(18)19/h5-9,13H,4H2,1-3H3/t13-/m0/s1. The van der Waals surface area contributed by atoms with Crippen LogP contribution in [0.15, 0.2) is 34.2 Å². The number of nitrogens with zero attached hydrogens (tertiary/aromatic N) is 3. The van der Waals surface area contributed by atoms with Crippen LogP contribution in [-0.4, -0.2) is 15.6 Å². The molecule has 2 heterocycles. The van der Waals surface area contributed by atoms with Crippen molar-refractivity contribution in [1.29, 1.82) is 0 Å². The highest BCUT2D eigenvalue weighted by Crippen LogP contribution is 2.28. The first-order valence-corrected chi connectivity index (χ1v) is 6.88. The second kappa shape index (κ2) is 4.74. The van der Waals surface area contributed by atoms with Gasteiger partial charge in [-0.15, -0.1) is 5.10 Å². The molecule has 5 heteroatoms. The van der Waals surface area contributed by atoms with Crippen LogP contribution in [0.1, 0.15) is 39.1 Å². The average Bonchev–Trinajstić information content (AvgIpc) is 2.46. The fourth-order valence-electron chi connectivity index (χ4n) is 2.34. The third-order valence-corrected chi connectivity index (χ3v) is 3.42. The number of ether oxygens (including phenoxy) is 1. The summed E-state index contributed by atoms with van der Waals surface area (Å²) in [6.45, 7) is 6.06. The lowest BCUT2D eigenvalue weighted by Gasteiger charge is -2.27. The van der Waals surface area contributed by atoms with Gasteiger partial charge in [0, 0.05) is 6.42 Å². The van der Waals surface area contributed by atoms with E-state index in [4.69, 9.17) is 4.74 Å². The molecule has 0 fully saturated rings. The van der Waals surface area contributed by atoms with Crippen molar-refractivity contribution in [3.63, 3.8) is 0 Å². The zero-order valence-electron chi connectivity index (χ0n) is 11.8.